The molecule has 0 aromatic carbocycles. The highest BCUT2D eigenvalue weighted by atomic mass is 16.6. The summed E-state index contributed by atoms with van der Waals surface area (Å²) >= 11 is 0. The highest BCUT2D eigenvalue weighted by Gasteiger charge is 2.26. The Balaban J connectivity index is 2.35. The average molecular weight is 134 g/mol. The van der Waals surface area contributed by atoms with E-state index in [9.17, 15) is 0 Å². The Labute approximate surface area is 52.7 Å². The Kier molecular flexibility index (Phi) is 2.02. The molecule has 4 heteroatoms. The summed E-state index contributed by atoms with van der Waals surface area (Å²) in [6.45, 7) is 0.0162. The smallest absolute Gasteiger partial charge is 0.157 e. The van der Waals surface area contributed by atoms with Crippen molar-refractivity contribution in [3.63, 3.8) is 0 Å². The number of hydrogen-bond acceptors (Lipinski definition) is 4. The van der Waals surface area contributed by atoms with E-state index in [1.54, 1.807) is 0 Å². The van der Waals surface area contributed by atoms with E-state index in [1.165, 1.54) is 0 Å². The number of ether oxygens (including phenoxy) is 1. The van der Waals surface area contributed by atoms with Gasteiger partial charge in [-0.05, 0) is 0 Å². The van der Waals surface area contributed by atoms with Crippen molar-refractivity contribution in [1.82, 2.24) is 0 Å². The quantitative estimate of drug-likeness (QED) is 0.375. The third kappa shape index (κ3) is 1.62. The second kappa shape index (κ2) is 2.62. The van der Waals surface area contributed by atoms with Crippen LogP contribution >= 0.6 is 0 Å². The van der Waals surface area contributed by atoms with Gasteiger partial charge in [0.05, 0.1) is 12.7 Å². The zero-order valence-corrected chi connectivity index (χ0v) is 4.90. The Morgan fingerprint density at radius 1 is 1.11 bits per heavy atom. The van der Waals surface area contributed by atoms with Gasteiger partial charge in [-0.1, -0.05) is 0 Å². The molecule has 1 fully saturated rings. The fraction of sp³-hybridized carbons (Fsp3) is 1.00. The Morgan fingerprint density at radius 3 is 2.22 bits per heavy atom. The number of aliphatic hydroxyl groups excluding tert-OH is 3. The number of hydrogen-bond donors (Lipinski definition) is 3. The van der Waals surface area contributed by atoms with Crippen LogP contribution in [-0.2, 0) is 4.74 Å². The fourth-order valence-corrected chi connectivity index (χ4v) is 0.752. The maximum atomic E-state index is 8.86. The van der Waals surface area contributed by atoms with Gasteiger partial charge in [-0.15, -0.1) is 0 Å². The average Bonchev–Trinajstić information content (AvgIpc) is 1.80. The SMILES string of the molecule is OC1C[C@H](O)[C@@H](O)CO1. The highest BCUT2D eigenvalue weighted by molar-refractivity contribution is 4.72. The standard InChI is InChI=1S/C5H10O4/c6-3-1-5(8)9-2-4(3)7/h3-8H,1-2H2/t3-,4-,5?/m0/s1. The van der Waals surface area contributed by atoms with Gasteiger partial charge in [0.1, 0.15) is 6.10 Å². The van der Waals surface area contributed by atoms with Crippen LogP contribution in [0.1, 0.15) is 6.42 Å². The summed E-state index contributed by atoms with van der Waals surface area (Å²) in [6.07, 6.45) is -2.49. The van der Waals surface area contributed by atoms with E-state index in [0.29, 0.717) is 0 Å². The predicted octanol–water partition coefficient (Wildman–Crippen LogP) is -1.55. The first-order chi connectivity index (χ1) is 4.20. The molecule has 0 amide bonds. The molecule has 0 bridgehead atoms. The second-order valence-electron chi connectivity index (χ2n) is 2.16. The van der Waals surface area contributed by atoms with Crippen LogP contribution in [0.5, 0.6) is 0 Å². The highest BCUT2D eigenvalue weighted by Crippen LogP contribution is 2.11. The summed E-state index contributed by atoms with van der Waals surface area (Å²) in [4.78, 5) is 0. The summed E-state index contributed by atoms with van der Waals surface area (Å²) in [5.74, 6) is 0. The first kappa shape index (κ1) is 6.95. The lowest BCUT2D eigenvalue weighted by molar-refractivity contribution is -0.193. The molecule has 9 heavy (non-hydrogen) atoms. The molecule has 0 spiro atoms. The van der Waals surface area contributed by atoms with Crippen molar-refractivity contribution in [2.75, 3.05) is 6.61 Å². The van der Waals surface area contributed by atoms with Gasteiger partial charge in [-0.2, -0.15) is 0 Å². The monoisotopic (exact) mass is 134 g/mol. The van der Waals surface area contributed by atoms with Gasteiger partial charge >= 0.3 is 0 Å². The van der Waals surface area contributed by atoms with Gasteiger partial charge < -0.3 is 20.1 Å². The number of rotatable bonds is 0. The lowest BCUT2D eigenvalue weighted by Gasteiger charge is -2.26. The van der Waals surface area contributed by atoms with Gasteiger partial charge in [0.15, 0.2) is 6.29 Å². The molecule has 1 heterocycles. The van der Waals surface area contributed by atoms with Crippen LogP contribution in [0.3, 0.4) is 0 Å². The molecule has 4 nitrogen and oxygen atoms in total. The summed E-state index contributed by atoms with van der Waals surface area (Å²) < 4.78 is 4.61. The van der Waals surface area contributed by atoms with Crippen LogP contribution in [0, 0.1) is 0 Å². The van der Waals surface area contributed by atoms with Crippen molar-refractivity contribution in [1.29, 1.82) is 0 Å². The van der Waals surface area contributed by atoms with E-state index in [2.05, 4.69) is 4.74 Å². The zero-order chi connectivity index (χ0) is 6.85. The molecule has 1 aliphatic heterocycles. The minimum atomic E-state index is -0.914. The maximum absolute atomic E-state index is 8.86. The van der Waals surface area contributed by atoms with E-state index in [4.69, 9.17) is 15.3 Å². The van der Waals surface area contributed by atoms with Crippen LogP contribution < -0.4 is 0 Å². The summed E-state index contributed by atoms with van der Waals surface area (Å²) in [7, 11) is 0. The van der Waals surface area contributed by atoms with Crippen LogP contribution in [0.15, 0.2) is 0 Å². The summed E-state index contributed by atoms with van der Waals surface area (Å²) in [5, 5.41) is 26.4. The third-order valence-corrected chi connectivity index (χ3v) is 1.35. The van der Waals surface area contributed by atoms with Crippen molar-refractivity contribution in [2.24, 2.45) is 0 Å². The molecule has 1 unspecified atom stereocenters. The second-order valence-corrected chi connectivity index (χ2v) is 2.16. The molecule has 0 aromatic heterocycles. The molecule has 0 radical (unpaired) electrons. The molecule has 3 N–H and O–H groups in total. The van der Waals surface area contributed by atoms with Crippen molar-refractivity contribution in [3.05, 3.63) is 0 Å². The Hall–Kier alpha value is -0.160. The van der Waals surface area contributed by atoms with Crippen molar-refractivity contribution in [2.45, 2.75) is 24.9 Å². The maximum Gasteiger partial charge on any atom is 0.157 e. The molecule has 54 valence electrons. The van der Waals surface area contributed by atoms with Crippen molar-refractivity contribution in [3.8, 4) is 0 Å². The molecular weight excluding hydrogens is 124 g/mol. The molecule has 3 atom stereocenters. The summed E-state index contributed by atoms with van der Waals surface area (Å²) in [6, 6.07) is 0. The van der Waals surface area contributed by atoms with E-state index in [-0.39, 0.29) is 13.0 Å². The van der Waals surface area contributed by atoms with Gasteiger partial charge in [-0.25, -0.2) is 0 Å². The van der Waals surface area contributed by atoms with Crippen LogP contribution in [-0.4, -0.2) is 40.4 Å². The Bertz CT molecular complexity index is 95.0. The van der Waals surface area contributed by atoms with E-state index in [1.807, 2.05) is 0 Å². The molecule has 0 saturated carbocycles. The van der Waals surface area contributed by atoms with Crippen LogP contribution in [0.2, 0.25) is 0 Å². The van der Waals surface area contributed by atoms with Crippen LogP contribution in [0.25, 0.3) is 0 Å². The summed E-state index contributed by atoms with van der Waals surface area (Å²) in [5.41, 5.74) is 0. The first-order valence-corrected chi connectivity index (χ1v) is 2.86. The largest absolute Gasteiger partial charge is 0.390 e. The molecular formula is C5H10O4. The molecule has 0 aliphatic carbocycles. The number of aliphatic hydroxyl groups is 3. The van der Waals surface area contributed by atoms with E-state index >= 15 is 0 Å². The minimum absolute atomic E-state index is 0.0162. The zero-order valence-electron chi connectivity index (χ0n) is 4.90. The third-order valence-electron chi connectivity index (χ3n) is 1.35. The molecule has 1 aliphatic rings. The van der Waals surface area contributed by atoms with Gasteiger partial charge in [0, 0.05) is 6.42 Å². The van der Waals surface area contributed by atoms with Gasteiger partial charge in [0.25, 0.3) is 0 Å². The first-order valence-electron chi connectivity index (χ1n) is 2.86. The van der Waals surface area contributed by atoms with E-state index < -0.39 is 18.5 Å². The van der Waals surface area contributed by atoms with Crippen LogP contribution in [0.4, 0.5) is 0 Å². The van der Waals surface area contributed by atoms with Crippen molar-refractivity contribution < 1.29 is 20.1 Å². The fourth-order valence-electron chi connectivity index (χ4n) is 0.752. The molecule has 1 saturated heterocycles. The molecule has 1 rings (SSSR count). The van der Waals surface area contributed by atoms with Crippen molar-refractivity contribution >= 4 is 0 Å². The Morgan fingerprint density at radius 2 is 1.78 bits per heavy atom. The lowest BCUT2D eigenvalue weighted by Crippen LogP contribution is -2.40. The van der Waals surface area contributed by atoms with Gasteiger partial charge in [0.2, 0.25) is 0 Å². The normalized spacial score (nSPS) is 45.0. The lowest BCUT2D eigenvalue weighted by atomic mass is 10.1. The predicted molar refractivity (Wildman–Crippen MR) is 28.6 cm³/mol. The topological polar surface area (TPSA) is 69.9 Å². The minimum Gasteiger partial charge on any atom is -0.390 e. The molecule has 0 aromatic rings. The van der Waals surface area contributed by atoms with E-state index in [0.717, 1.165) is 0 Å². The van der Waals surface area contributed by atoms with Gasteiger partial charge in [-0.3, -0.25) is 0 Å².